The first-order valence-corrected chi connectivity index (χ1v) is 32.4. The molecule has 2 unspecified atom stereocenters. The monoisotopic (exact) mass is 1190 g/mol. The lowest BCUT2D eigenvalue weighted by Gasteiger charge is -2.45. The predicted octanol–water partition coefficient (Wildman–Crippen LogP) is 24.1. The number of ether oxygens (including phenoxy) is 1. The van der Waals surface area contributed by atoms with Crippen LogP contribution < -0.4 is 24.3 Å². The quantitative estimate of drug-likeness (QED) is 0.128. The maximum absolute atomic E-state index is 7.48. The first kappa shape index (κ1) is 53.5. The van der Waals surface area contributed by atoms with Crippen molar-refractivity contribution in [3.8, 4) is 44.9 Å². The Hall–Kier alpha value is -11.6. The van der Waals surface area contributed by atoms with Crippen molar-refractivity contribution in [1.29, 1.82) is 0 Å². The van der Waals surface area contributed by atoms with E-state index in [1.807, 2.05) is 11.8 Å². The summed E-state index contributed by atoms with van der Waals surface area (Å²) < 4.78 is 7.48. The van der Waals surface area contributed by atoms with Crippen molar-refractivity contribution < 1.29 is 4.74 Å². The normalized spacial score (nSPS) is 14.3. The molecule has 0 saturated carbocycles. The van der Waals surface area contributed by atoms with E-state index in [1.165, 1.54) is 43.4 Å². The molecule has 4 heterocycles. The highest BCUT2D eigenvalue weighted by atomic mass is 32.2. The number of benzene rings is 14. The van der Waals surface area contributed by atoms with Crippen LogP contribution in [0.4, 0.5) is 68.2 Å². The summed E-state index contributed by atoms with van der Waals surface area (Å²) >= 11 is 1.90. The van der Waals surface area contributed by atoms with Gasteiger partial charge in [0.2, 0.25) is 0 Å². The molecule has 0 saturated heterocycles. The van der Waals surface area contributed by atoms with Crippen molar-refractivity contribution in [2.75, 3.05) is 19.6 Å². The van der Waals surface area contributed by atoms with Crippen LogP contribution in [-0.4, -0.2) is 0 Å². The van der Waals surface area contributed by atoms with Crippen molar-refractivity contribution >= 4 is 80.0 Å². The van der Waals surface area contributed by atoms with Gasteiger partial charge < -0.3 is 24.3 Å². The van der Waals surface area contributed by atoms with Crippen LogP contribution in [-0.2, 0) is 0 Å². The molecule has 14 aromatic rings. The summed E-state index contributed by atoms with van der Waals surface area (Å²) in [6.07, 6.45) is 0. The third-order valence-electron chi connectivity index (χ3n) is 18.7. The Morgan fingerprint density at radius 3 is 1.36 bits per heavy atom. The van der Waals surface area contributed by atoms with Crippen LogP contribution in [0.3, 0.4) is 0 Å². The van der Waals surface area contributed by atoms with Crippen LogP contribution in [0.15, 0.2) is 350 Å². The summed E-state index contributed by atoms with van der Waals surface area (Å²) in [5.74, 6) is 1.39. The second kappa shape index (κ2) is 22.2. The van der Waals surface area contributed by atoms with E-state index >= 15 is 0 Å². The number of hydrogen-bond donors (Lipinski definition) is 0. The molecule has 4 aliphatic heterocycles. The molecule has 4 aliphatic rings. The minimum atomic E-state index is -0.195. The van der Waals surface area contributed by atoms with Gasteiger partial charge in [0.25, 0.3) is 0 Å². The topological polar surface area (TPSA) is 22.2 Å². The molecule has 0 N–H and O–H groups in total. The van der Waals surface area contributed by atoms with Crippen LogP contribution in [0.25, 0.3) is 33.4 Å². The molecule has 5 nitrogen and oxygen atoms in total. The minimum absolute atomic E-state index is 0.0973. The highest BCUT2D eigenvalue weighted by Crippen LogP contribution is 2.66. The van der Waals surface area contributed by atoms with E-state index in [9.17, 15) is 0 Å². The first-order chi connectivity index (χ1) is 45.7. The SMILES string of the molecule is c1ccc(-c2ccccc2N2c3cc4c(cc3C3c5ccccc5Oc5cc(N(c6ccccc6)c6c(-c7ccccc7)cccc6-c6ccccc6)cc2c53)C2c3ccccc3N(c3ccccc3)c3cc(N(c5ccccc5)c5ccccc5)cc(c32)S4)cc1. The molecule has 0 aromatic heterocycles. The van der Waals surface area contributed by atoms with E-state index in [4.69, 9.17) is 4.74 Å². The molecule has 0 amide bonds. The van der Waals surface area contributed by atoms with Gasteiger partial charge in [-0.25, -0.2) is 0 Å². The van der Waals surface area contributed by atoms with Gasteiger partial charge in [0.05, 0.1) is 39.8 Å². The molecule has 18 rings (SSSR count). The van der Waals surface area contributed by atoms with Crippen molar-refractivity contribution in [3.63, 3.8) is 0 Å². The summed E-state index contributed by atoms with van der Waals surface area (Å²) in [5.41, 5.74) is 27.2. The van der Waals surface area contributed by atoms with Crippen LogP contribution in [0.2, 0.25) is 0 Å². The van der Waals surface area contributed by atoms with Gasteiger partial charge in [-0.05, 0) is 124 Å². The minimum Gasteiger partial charge on any atom is -0.457 e. The van der Waals surface area contributed by atoms with Crippen LogP contribution in [0.1, 0.15) is 45.2 Å². The van der Waals surface area contributed by atoms with E-state index in [0.29, 0.717) is 0 Å². The van der Waals surface area contributed by atoms with Crippen LogP contribution in [0, 0.1) is 0 Å². The summed E-state index contributed by atoms with van der Waals surface area (Å²) in [4.78, 5) is 12.4. The van der Waals surface area contributed by atoms with Gasteiger partial charge in [-0.2, -0.15) is 0 Å². The van der Waals surface area contributed by atoms with Crippen LogP contribution >= 0.6 is 11.8 Å². The maximum Gasteiger partial charge on any atom is 0.135 e. The lowest BCUT2D eigenvalue weighted by atomic mass is 9.74. The molecule has 0 aliphatic carbocycles. The summed E-state index contributed by atoms with van der Waals surface area (Å²) in [5, 5.41) is 0. The fourth-order valence-corrected chi connectivity index (χ4v) is 16.0. The van der Waals surface area contributed by atoms with E-state index in [0.717, 1.165) is 113 Å². The van der Waals surface area contributed by atoms with Gasteiger partial charge in [-0.3, -0.25) is 0 Å². The Labute approximate surface area is 540 Å². The highest BCUT2D eigenvalue weighted by Gasteiger charge is 2.45. The second-order valence-corrected chi connectivity index (χ2v) is 25.0. The molecular weight excluding hydrogens is 1140 g/mol. The largest absolute Gasteiger partial charge is 0.457 e. The van der Waals surface area contributed by atoms with E-state index < -0.39 is 0 Å². The van der Waals surface area contributed by atoms with Crippen molar-refractivity contribution in [3.05, 3.63) is 373 Å². The lowest BCUT2D eigenvalue weighted by Crippen LogP contribution is -2.28. The van der Waals surface area contributed by atoms with Crippen molar-refractivity contribution in [1.82, 2.24) is 0 Å². The smallest absolute Gasteiger partial charge is 0.135 e. The van der Waals surface area contributed by atoms with E-state index in [1.54, 1.807) is 0 Å². The first-order valence-electron chi connectivity index (χ1n) is 31.5. The van der Waals surface area contributed by atoms with E-state index in [-0.39, 0.29) is 11.8 Å². The number of para-hydroxylation sites is 8. The highest BCUT2D eigenvalue weighted by molar-refractivity contribution is 7.99. The zero-order valence-electron chi connectivity index (χ0n) is 50.1. The molecule has 434 valence electrons. The third-order valence-corrected chi connectivity index (χ3v) is 19.8. The summed E-state index contributed by atoms with van der Waals surface area (Å²) in [7, 11) is 0. The van der Waals surface area contributed by atoms with Gasteiger partial charge in [0.1, 0.15) is 11.5 Å². The Morgan fingerprint density at radius 2 is 0.739 bits per heavy atom. The average molecular weight is 1200 g/mol. The molecule has 0 fully saturated rings. The number of anilines is 12. The van der Waals surface area contributed by atoms with Gasteiger partial charge in [-0.1, -0.05) is 254 Å². The standard InChI is InChI=1S/C86H58N4OS/c1-8-29-57(30-9-1)66-43-22-25-48-73(66)90-75-56-80-72(82-69-44-23-26-49-74(69)89(63-41-20-7-21-42-63)77-52-65(54-81(92-80)85(77)82)87(60-35-14-4-15-36-60)61-37-16-5-17-38-61)55-71(75)83-70-45-24-27-50-78(70)91-79-53-64(51-76(90)84(79)83)88(62-39-18-6-19-40-62)86-67(58-31-10-2-11-32-58)46-28-47-68(86)59-33-12-3-13-34-59/h1-56,82-83H. The molecule has 92 heavy (non-hydrogen) atoms. The molecule has 0 bridgehead atoms. The van der Waals surface area contributed by atoms with Gasteiger partial charge in [0.15, 0.2) is 0 Å². The number of hydrogen-bond acceptors (Lipinski definition) is 6. The van der Waals surface area contributed by atoms with Crippen LogP contribution in [0.5, 0.6) is 11.5 Å². The number of rotatable bonds is 11. The second-order valence-electron chi connectivity index (χ2n) is 23.9. The molecule has 0 radical (unpaired) electrons. The Bertz CT molecular complexity index is 5030. The average Bonchev–Trinajstić information content (AvgIpc) is 0.696. The lowest BCUT2D eigenvalue weighted by molar-refractivity contribution is 0.452. The number of fused-ring (bicyclic) bond motifs is 8. The summed E-state index contributed by atoms with van der Waals surface area (Å²) in [6, 6.07) is 124. The van der Waals surface area contributed by atoms with Crippen molar-refractivity contribution in [2.24, 2.45) is 0 Å². The maximum atomic E-state index is 7.48. The van der Waals surface area contributed by atoms with Gasteiger partial charge >= 0.3 is 0 Å². The van der Waals surface area contributed by atoms with Gasteiger partial charge in [0, 0.05) is 89.5 Å². The zero-order valence-corrected chi connectivity index (χ0v) is 50.9. The molecular formula is C86H58N4OS. The van der Waals surface area contributed by atoms with E-state index in [2.05, 4.69) is 359 Å². The Kier molecular flexibility index (Phi) is 12.9. The Balaban J connectivity index is 0.923. The molecule has 2 atom stereocenters. The molecule has 0 spiro atoms. The fourth-order valence-electron chi connectivity index (χ4n) is 14.8. The van der Waals surface area contributed by atoms with Gasteiger partial charge in [-0.15, -0.1) is 0 Å². The molecule has 14 aromatic carbocycles. The number of nitrogens with zero attached hydrogens (tertiary/aromatic N) is 4. The fraction of sp³-hybridized carbons (Fsp3) is 0.0233. The van der Waals surface area contributed by atoms with Crippen molar-refractivity contribution in [2.45, 2.75) is 21.6 Å². The Morgan fingerprint density at radius 1 is 0.272 bits per heavy atom. The molecule has 6 heteroatoms. The third kappa shape index (κ3) is 8.78. The predicted molar refractivity (Wildman–Crippen MR) is 380 cm³/mol. The zero-order chi connectivity index (χ0) is 60.6. The summed E-state index contributed by atoms with van der Waals surface area (Å²) in [6.45, 7) is 0.